The van der Waals surface area contributed by atoms with Gasteiger partial charge in [0.05, 0.1) is 17.1 Å². The first-order valence-corrected chi connectivity index (χ1v) is 9.92. The van der Waals surface area contributed by atoms with Crippen LogP contribution in [0, 0.1) is 0 Å². The third-order valence-electron chi connectivity index (χ3n) is 5.50. The minimum atomic E-state index is -0.178. The van der Waals surface area contributed by atoms with Gasteiger partial charge >= 0.3 is 0 Å². The molecule has 142 valence electrons. The van der Waals surface area contributed by atoms with Gasteiger partial charge in [0.25, 0.3) is 0 Å². The highest BCUT2D eigenvalue weighted by atomic mass is 16.3. The topological polar surface area (TPSA) is 67.3 Å². The Morgan fingerprint density at radius 3 is 2.48 bits per heavy atom. The maximum Gasteiger partial charge on any atom is 0.127 e. The number of imidazole rings is 1. The number of para-hydroxylation sites is 2. The number of fused-ring (bicyclic) bond motifs is 1. The summed E-state index contributed by atoms with van der Waals surface area (Å²) in [6, 6.07) is 15.4. The van der Waals surface area contributed by atoms with Crippen molar-refractivity contribution in [2.75, 3.05) is 19.6 Å². The number of benzene rings is 2. The van der Waals surface area contributed by atoms with Gasteiger partial charge in [-0.3, -0.25) is 0 Å². The van der Waals surface area contributed by atoms with E-state index in [1.807, 2.05) is 18.2 Å². The number of likely N-dealkylation sites (tertiary alicyclic amines) is 1. The molecule has 1 aromatic heterocycles. The molecule has 3 aromatic rings. The zero-order valence-corrected chi connectivity index (χ0v) is 15.7. The summed E-state index contributed by atoms with van der Waals surface area (Å²) >= 11 is 0. The fourth-order valence-corrected chi connectivity index (χ4v) is 4.01. The molecule has 2 aromatic carbocycles. The molecule has 1 aliphatic rings. The predicted octanol–water partition coefficient (Wildman–Crippen LogP) is 3.47. The Kier molecular flexibility index (Phi) is 5.41. The van der Waals surface area contributed by atoms with Crippen molar-refractivity contribution in [2.45, 2.75) is 38.3 Å². The number of hydrogen-bond acceptors (Lipinski definition) is 4. The molecular formula is C22H28N4O. The standard InChI is InChI=1S/C22H28N4O/c23-19(16-17-8-10-18(27)11-9-17)22-24-20-6-2-3-7-21(20)26(22)15-14-25-12-4-1-5-13-25/h2-3,6-11,19,27H,1,4-5,12-16,23H2. The lowest BCUT2D eigenvalue weighted by molar-refractivity contribution is 0.220. The van der Waals surface area contributed by atoms with Crippen molar-refractivity contribution in [3.8, 4) is 5.75 Å². The minimum absolute atomic E-state index is 0.178. The second kappa shape index (κ2) is 8.11. The molecule has 1 fully saturated rings. The van der Waals surface area contributed by atoms with Crippen molar-refractivity contribution in [1.29, 1.82) is 0 Å². The van der Waals surface area contributed by atoms with Crippen molar-refractivity contribution in [1.82, 2.24) is 14.5 Å². The Labute approximate surface area is 160 Å². The summed E-state index contributed by atoms with van der Waals surface area (Å²) in [5.41, 5.74) is 9.85. The molecule has 1 unspecified atom stereocenters. The first-order chi connectivity index (χ1) is 13.2. The summed E-state index contributed by atoms with van der Waals surface area (Å²) in [5.74, 6) is 1.22. The minimum Gasteiger partial charge on any atom is -0.508 e. The van der Waals surface area contributed by atoms with E-state index >= 15 is 0 Å². The molecule has 0 saturated carbocycles. The van der Waals surface area contributed by atoms with Crippen molar-refractivity contribution < 1.29 is 5.11 Å². The Morgan fingerprint density at radius 2 is 1.70 bits per heavy atom. The molecule has 5 nitrogen and oxygen atoms in total. The lowest BCUT2D eigenvalue weighted by Gasteiger charge is -2.27. The van der Waals surface area contributed by atoms with E-state index in [0.717, 1.165) is 35.5 Å². The molecule has 2 heterocycles. The molecule has 0 bridgehead atoms. The van der Waals surface area contributed by atoms with Gasteiger partial charge in [0, 0.05) is 13.1 Å². The second-order valence-corrected chi connectivity index (χ2v) is 7.49. The predicted molar refractivity (Wildman–Crippen MR) is 109 cm³/mol. The van der Waals surface area contributed by atoms with E-state index in [0.29, 0.717) is 6.42 Å². The number of hydrogen-bond donors (Lipinski definition) is 2. The zero-order valence-electron chi connectivity index (χ0n) is 15.7. The molecule has 5 heteroatoms. The van der Waals surface area contributed by atoms with E-state index in [9.17, 15) is 5.11 Å². The molecule has 1 atom stereocenters. The van der Waals surface area contributed by atoms with E-state index in [4.69, 9.17) is 10.7 Å². The monoisotopic (exact) mass is 364 g/mol. The van der Waals surface area contributed by atoms with Crippen molar-refractivity contribution in [2.24, 2.45) is 5.73 Å². The number of nitrogens with two attached hydrogens (primary N) is 1. The Hall–Kier alpha value is -2.37. The lowest BCUT2D eigenvalue weighted by atomic mass is 10.1. The molecule has 0 amide bonds. The highest BCUT2D eigenvalue weighted by molar-refractivity contribution is 5.76. The van der Waals surface area contributed by atoms with Crippen LogP contribution in [0.1, 0.15) is 36.7 Å². The molecule has 0 radical (unpaired) electrons. The molecule has 1 aliphatic heterocycles. The smallest absolute Gasteiger partial charge is 0.127 e. The fourth-order valence-electron chi connectivity index (χ4n) is 4.01. The third-order valence-corrected chi connectivity index (χ3v) is 5.50. The van der Waals surface area contributed by atoms with Crippen LogP contribution in [0.15, 0.2) is 48.5 Å². The lowest BCUT2D eigenvalue weighted by Crippen LogP contribution is -2.33. The van der Waals surface area contributed by atoms with Crippen LogP contribution in [-0.4, -0.2) is 39.2 Å². The van der Waals surface area contributed by atoms with Gasteiger partial charge in [-0.15, -0.1) is 0 Å². The molecular weight excluding hydrogens is 336 g/mol. The van der Waals surface area contributed by atoms with Gasteiger partial charge in [-0.05, 0) is 62.2 Å². The van der Waals surface area contributed by atoms with Crippen molar-refractivity contribution >= 4 is 11.0 Å². The number of aromatic nitrogens is 2. The number of nitrogens with zero attached hydrogens (tertiary/aromatic N) is 3. The first-order valence-electron chi connectivity index (χ1n) is 9.92. The largest absolute Gasteiger partial charge is 0.508 e. The highest BCUT2D eigenvalue weighted by Gasteiger charge is 2.18. The number of phenols is 1. The summed E-state index contributed by atoms with van der Waals surface area (Å²) in [4.78, 5) is 7.41. The highest BCUT2D eigenvalue weighted by Crippen LogP contribution is 2.23. The summed E-state index contributed by atoms with van der Waals surface area (Å²) < 4.78 is 2.30. The van der Waals surface area contributed by atoms with E-state index in [-0.39, 0.29) is 11.8 Å². The van der Waals surface area contributed by atoms with Crippen LogP contribution >= 0.6 is 0 Å². The van der Waals surface area contributed by atoms with Gasteiger partial charge in [-0.2, -0.15) is 0 Å². The van der Waals surface area contributed by atoms with Crippen LogP contribution in [0.2, 0.25) is 0 Å². The average Bonchev–Trinajstić information content (AvgIpc) is 3.08. The number of aromatic hydroxyl groups is 1. The van der Waals surface area contributed by atoms with Crippen molar-refractivity contribution in [3.05, 3.63) is 59.9 Å². The Morgan fingerprint density at radius 1 is 0.963 bits per heavy atom. The van der Waals surface area contributed by atoms with Crippen molar-refractivity contribution in [3.63, 3.8) is 0 Å². The van der Waals surface area contributed by atoms with E-state index < -0.39 is 0 Å². The van der Waals surface area contributed by atoms with Crippen LogP contribution in [0.25, 0.3) is 11.0 Å². The van der Waals surface area contributed by atoms with Gasteiger partial charge < -0.3 is 20.3 Å². The molecule has 1 saturated heterocycles. The summed E-state index contributed by atoms with van der Waals surface area (Å²) in [5, 5.41) is 9.49. The number of phenolic OH excluding ortho intramolecular Hbond substituents is 1. The third kappa shape index (κ3) is 4.15. The van der Waals surface area contributed by atoms with Gasteiger partial charge in [-0.1, -0.05) is 30.7 Å². The molecule has 0 spiro atoms. The summed E-state index contributed by atoms with van der Waals surface area (Å²) in [6.07, 6.45) is 4.66. The zero-order chi connectivity index (χ0) is 18.6. The van der Waals surface area contributed by atoms with Gasteiger partial charge in [-0.25, -0.2) is 4.98 Å². The maximum atomic E-state index is 9.49. The van der Waals surface area contributed by atoms with Crippen LogP contribution in [-0.2, 0) is 13.0 Å². The second-order valence-electron chi connectivity index (χ2n) is 7.49. The van der Waals surface area contributed by atoms with Crippen LogP contribution in [0.4, 0.5) is 0 Å². The van der Waals surface area contributed by atoms with Crippen LogP contribution in [0.5, 0.6) is 5.75 Å². The maximum absolute atomic E-state index is 9.49. The normalized spacial score (nSPS) is 16.6. The Balaban J connectivity index is 1.57. The average molecular weight is 364 g/mol. The van der Waals surface area contributed by atoms with Gasteiger partial charge in [0.2, 0.25) is 0 Å². The van der Waals surface area contributed by atoms with Crippen LogP contribution in [0.3, 0.4) is 0 Å². The molecule has 3 N–H and O–H groups in total. The van der Waals surface area contributed by atoms with E-state index in [2.05, 4.69) is 27.7 Å². The SMILES string of the molecule is NC(Cc1ccc(O)cc1)c1nc2ccccc2n1CCN1CCCCC1. The molecule has 0 aliphatic carbocycles. The van der Waals surface area contributed by atoms with E-state index in [1.54, 1.807) is 12.1 Å². The summed E-state index contributed by atoms with van der Waals surface area (Å²) in [7, 11) is 0. The van der Waals surface area contributed by atoms with Crippen LogP contribution < -0.4 is 5.73 Å². The summed E-state index contributed by atoms with van der Waals surface area (Å²) in [6.45, 7) is 4.35. The first kappa shape index (κ1) is 18.0. The number of piperidine rings is 1. The quantitative estimate of drug-likeness (QED) is 0.703. The Bertz CT molecular complexity index is 881. The molecule has 27 heavy (non-hydrogen) atoms. The van der Waals surface area contributed by atoms with E-state index in [1.165, 1.54) is 32.4 Å². The van der Waals surface area contributed by atoms with Gasteiger partial charge in [0.15, 0.2) is 0 Å². The number of rotatable bonds is 6. The fraction of sp³-hybridized carbons (Fsp3) is 0.409. The van der Waals surface area contributed by atoms with Gasteiger partial charge in [0.1, 0.15) is 11.6 Å². The molecule has 4 rings (SSSR count).